The maximum absolute atomic E-state index is 13.8. The topological polar surface area (TPSA) is 35.6 Å². The van der Waals surface area contributed by atoms with Gasteiger partial charge in [0.05, 0.1) is 30.6 Å². The van der Waals surface area contributed by atoms with Crippen LogP contribution in [0.15, 0.2) is 49.4 Å². The summed E-state index contributed by atoms with van der Waals surface area (Å²) in [6, 6.07) is 4.56. The van der Waals surface area contributed by atoms with Crippen LogP contribution in [0.5, 0.6) is 0 Å². The summed E-state index contributed by atoms with van der Waals surface area (Å²) in [5, 5.41) is 0.375. The average molecular weight is 350 g/mol. The second-order valence-corrected chi connectivity index (χ2v) is 4.54. The molecule has 0 aliphatic heterocycles. The molecule has 8 heteroatoms. The lowest BCUT2D eigenvalue weighted by Gasteiger charge is -2.03. The fourth-order valence-electron chi connectivity index (χ4n) is 1.83. The maximum Gasteiger partial charge on any atom is 0.148 e. The third-order valence-corrected chi connectivity index (χ3v) is 2.96. The first-order valence-electron chi connectivity index (χ1n) is 5.66. The number of aromatic nitrogens is 4. The Morgan fingerprint density at radius 2 is 2.00 bits per heavy atom. The van der Waals surface area contributed by atoms with Crippen LogP contribution < -0.4 is 0 Å². The van der Waals surface area contributed by atoms with Crippen molar-refractivity contribution in [2.45, 2.75) is 6.54 Å². The minimum atomic E-state index is -0.376. The van der Waals surface area contributed by atoms with E-state index in [1.807, 2.05) is 10.8 Å². The van der Waals surface area contributed by atoms with Crippen LogP contribution >= 0.6 is 36.4 Å². The first-order valence-corrected chi connectivity index (χ1v) is 6.04. The number of rotatable bonds is 3. The number of hydrogen-bond acceptors (Lipinski definition) is 2. The van der Waals surface area contributed by atoms with Crippen molar-refractivity contribution in [1.29, 1.82) is 0 Å². The van der Waals surface area contributed by atoms with Crippen LogP contribution in [-0.2, 0) is 6.54 Å². The van der Waals surface area contributed by atoms with Gasteiger partial charge in [-0.1, -0.05) is 11.6 Å². The summed E-state index contributed by atoms with van der Waals surface area (Å²) < 4.78 is 17.3. The van der Waals surface area contributed by atoms with Crippen LogP contribution in [0.3, 0.4) is 0 Å². The minimum Gasteiger partial charge on any atom is -0.331 e. The highest BCUT2D eigenvalue weighted by Gasteiger charge is 2.07. The first-order chi connectivity index (χ1) is 9.22. The Morgan fingerprint density at radius 1 is 1.19 bits per heavy atom. The summed E-state index contributed by atoms with van der Waals surface area (Å²) in [4.78, 5) is 8.21. The maximum atomic E-state index is 13.8. The zero-order chi connectivity index (χ0) is 13.2. The number of halogens is 4. The van der Waals surface area contributed by atoms with Crippen LogP contribution in [0.25, 0.3) is 5.69 Å². The molecule has 2 aromatic heterocycles. The molecule has 0 atom stereocenters. The van der Waals surface area contributed by atoms with Crippen molar-refractivity contribution in [3.63, 3.8) is 0 Å². The summed E-state index contributed by atoms with van der Waals surface area (Å²) in [6.45, 7) is 0.599. The van der Waals surface area contributed by atoms with Crippen LogP contribution in [0.2, 0.25) is 5.02 Å². The summed E-state index contributed by atoms with van der Waals surface area (Å²) in [6.07, 6.45) is 8.63. The molecule has 112 valence electrons. The van der Waals surface area contributed by atoms with Gasteiger partial charge in [0, 0.05) is 23.6 Å². The second kappa shape index (κ2) is 7.45. The van der Waals surface area contributed by atoms with Crippen molar-refractivity contribution >= 4 is 36.4 Å². The average Bonchev–Trinajstić information content (AvgIpc) is 3.01. The Labute approximate surface area is 138 Å². The molecule has 0 aliphatic carbocycles. The van der Waals surface area contributed by atoms with Crippen molar-refractivity contribution in [3.05, 3.63) is 66.0 Å². The summed E-state index contributed by atoms with van der Waals surface area (Å²) >= 11 is 5.73. The highest BCUT2D eigenvalue weighted by Crippen LogP contribution is 2.18. The lowest BCUT2D eigenvalue weighted by Crippen LogP contribution is -1.97. The van der Waals surface area contributed by atoms with E-state index in [0.29, 0.717) is 17.3 Å². The van der Waals surface area contributed by atoms with Gasteiger partial charge in [-0.05, 0) is 18.2 Å². The molecule has 1 aromatic carbocycles. The van der Waals surface area contributed by atoms with Crippen LogP contribution in [0.4, 0.5) is 4.39 Å². The van der Waals surface area contributed by atoms with Crippen molar-refractivity contribution in [2.24, 2.45) is 0 Å². The first kappa shape index (κ1) is 17.5. The van der Waals surface area contributed by atoms with Crippen molar-refractivity contribution < 1.29 is 4.39 Å². The van der Waals surface area contributed by atoms with Crippen LogP contribution in [0, 0.1) is 5.82 Å². The molecule has 0 saturated heterocycles. The highest BCUT2D eigenvalue weighted by molar-refractivity contribution is 6.30. The lowest BCUT2D eigenvalue weighted by molar-refractivity contribution is 0.618. The SMILES string of the molecule is Cl.Cl.Fc1cc(Cl)ccc1-n1cnc(Cn2ccnc2)c1. The normalized spacial score (nSPS) is 9.81. The van der Waals surface area contributed by atoms with Crippen LogP contribution in [0.1, 0.15) is 5.69 Å². The van der Waals surface area contributed by atoms with E-state index in [0.717, 1.165) is 5.69 Å². The van der Waals surface area contributed by atoms with Gasteiger partial charge in [0.1, 0.15) is 5.82 Å². The van der Waals surface area contributed by atoms with E-state index in [-0.39, 0.29) is 30.6 Å². The van der Waals surface area contributed by atoms with E-state index < -0.39 is 0 Å². The molecule has 2 heterocycles. The summed E-state index contributed by atoms with van der Waals surface area (Å²) in [7, 11) is 0. The standard InChI is InChI=1S/C13H10ClFN4.2ClH/c14-10-1-2-13(12(15)5-10)19-7-11(17-9-19)6-18-4-3-16-8-18;;/h1-5,7-9H,6H2;2*1H. The summed E-state index contributed by atoms with van der Waals surface area (Å²) in [5.41, 5.74) is 1.25. The van der Waals surface area contributed by atoms with Gasteiger partial charge in [0.25, 0.3) is 0 Å². The quantitative estimate of drug-likeness (QED) is 0.722. The number of nitrogens with zero attached hydrogens (tertiary/aromatic N) is 4. The highest BCUT2D eigenvalue weighted by atomic mass is 35.5. The third kappa shape index (κ3) is 3.97. The van der Waals surface area contributed by atoms with E-state index in [1.165, 1.54) is 6.07 Å². The fourth-order valence-corrected chi connectivity index (χ4v) is 1.99. The molecule has 4 nitrogen and oxygen atoms in total. The Balaban J connectivity index is 0.00000110. The fraction of sp³-hybridized carbons (Fsp3) is 0.0769. The van der Waals surface area contributed by atoms with Gasteiger partial charge < -0.3 is 9.13 Å². The van der Waals surface area contributed by atoms with Crippen LogP contribution in [-0.4, -0.2) is 19.1 Å². The molecule has 3 rings (SSSR count). The Kier molecular flexibility index (Phi) is 6.20. The molecular weight excluding hydrogens is 338 g/mol. The molecule has 0 unspecified atom stereocenters. The van der Waals surface area contributed by atoms with E-state index >= 15 is 0 Å². The third-order valence-electron chi connectivity index (χ3n) is 2.73. The molecule has 0 aliphatic rings. The second-order valence-electron chi connectivity index (χ2n) is 4.10. The van der Waals surface area contributed by atoms with Gasteiger partial charge in [0.2, 0.25) is 0 Å². The zero-order valence-corrected chi connectivity index (χ0v) is 13.1. The van der Waals surface area contributed by atoms with Gasteiger partial charge >= 0.3 is 0 Å². The molecule has 0 amide bonds. The van der Waals surface area contributed by atoms with E-state index in [1.54, 1.807) is 41.7 Å². The molecular formula is C13H12Cl3FN4. The van der Waals surface area contributed by atoms with Gasteiger partial charge in [-0.3, -0.25) is 0 Å². The van der Waals surface area contributed by atoms with E-state index in [4.69, 9.17) is 11.6 Å². The van der Waals surface area contributed by atoms with E-state index in [2.05, 4.69) is 9.97 Å². The Bertz CT molecular complexity index is 697. The lowest BCUT2D eigenvalue weighted by atomic mass is 10.3. The smallest absolute Gasteiger partial charge is 0.148 e. The van der Waals surface area contributed by atoms with Gasteiger partial charge in [-0.15, -0.1) is 24.8 Å². The molecule has 0 spiro atoms. The molecule has 21 heavy (non-hydrogen) atoms. The Morgan fingerprint density at radius 3 is 2.67 bits per heavy atom. The van der Waals surface area contributed by atoms with Gasteiger partial charge in [-0.25, -0.2) is 14.4 Å². The monoisotopic (exact) mass is 348 g/mol. The van der Waals surface area contributed by atoms with Crippen molar-refractivity contribution in [1.82, 2.24) is 19.1 Å². The zero-order valence-electron chi connectivity index (χ0n) is 10.7. The molecule has 0 fully saturated rings. The van der Waals surface area contributed by atoms with Gasteiger partial charge in [-0.2, -0.15) is 0 Å². The largest absolute Gasteiger partial charge is 0.331 e. The van der Waals surface area contributed by atoms with Gasteiger partial charge in [0.15, 0.2) is 0 Å². The molecule has 0 N–H and O–H groups in total. The number of imidazole rings is 2. The number of hydrogen-bond donors (Lipinski definition) is 0. The molecule has 0 saturated carbocycles. The van der Waals surface area contributed by atoms with Crippen molar-refractivity contribution in [3.8, 4) is 5.69 Å². The minimum absolute atomic E-state index is 0. The predicted octanol–water partition coefficient (Wildman–Crippen LogP) is 3.75. The number of benzene rings is 1. The summed E-state index contributed by atoms with van der Waals surface area (Å²) in [5.74, 6) is -0.376. The molecule has 0 radical (unpaired) electrons. The molecule has 3 aromatic rings. The molecule has 0 bridgehead atoms. The van der Waals surface area contributed by atoms with E-state index in [9.17, 15) is 4.39 Å². The Hall–Kier alpha value is -1.56. The van der Waals surface area contributed by atoms with Crippen molar-refractivity contribution in [2.75, 3.05) is 0 Å². The predicted molar refractivity (Wildman–Crippen MR) is 84.4 cm³/mol.